The second kappa shape index (κ2) is 7.42. The zero-order chi connectivity index (χ0) is 17.1. The van der Waals surface area contributed by atoms with Crippen molar-refractivity contribution in [2.75, 3.05) is 12.8 Å². The van der Waals surface area contributed by atoms with Crippen LogP contribution in [0.5, 0.6) is 0 Å². The predicted molar refractivity (Wildman–Crippen MR) is 104 cm³/mol. The molecule has 124 valence electrons. The predicted octanol–water partition coefficient (Wildman–Crippen LogP) is 4.99. The molecule has 0 radical (unpaired) electrons. The molecule has 1 aromatic carbocycles. The molecule has 1 aliphatic heterocycles. The first-order valence-electron chi connectivity index (χ1n) is 7.24. The topological polar surface area (TPSA) is 48.7 Å². The zero-order valence-electron chi connectivity index (χ0n) is 13.0. The van der Waals surface area contributed by atoms with E-state index in [9.17, 15) is 5.11 Å². The number of aliphatic imine (C=N–C) groups is 1. The Morgan fingerprint density at radius 3 is 2.79 bits per heavy atom. The Hall–Kier alpha value is -1.76. The Morgan fingerprint density at radius 1 is 1.46 bits per heavy atom. The van der Waals surface area contributed by atoms with Crippen molar-refractivity contribution in [3.05, 3.63) is 70.0 Å². The Bertz CT molecular complexity index is 801. The van der Waals surface area contributed by atoms with E-state index in [-0.39, 0.29) is 6.04 Å². The summed E-state index contributed by atoms with van der Waals surface area (Å²) < 4.78 is 0.517. The third kappa shape index (κ3) is 3.22. The van der Waals surface area contributed by atoms with Gasteiger partial charge in [-0.05, 0) is 5.56 Å². The molecular formula is C17H16ClN3OS2. The second-order valence-electron chi connectivity index (χ2n) is 5.07. The van der Waals surface area contributed by atoms with Gasteiger partial charge in [0.2, 0.25) is 0 Å². The Labute approximate surface area is 154 Å². The van der Waals surface area contributed by atoms with Crippen LogP contribution in [0.15, 0.2) is 60.1 Å². The van der Waals surface area contributed by atoms with Crippen molar-refractivity contribution in [2.45, 2.75) is 6.04 Å². The molecule has 0 amide bonds. The Morgan fingerprint density at radius 2 is 2.21 bits per heavy atom. The number of rotatable bonds is 4. The average Bonchev–Trinajstić information content (AvgIpc) is 3.22. The number of aromatic nitrogens is 1. The lowest BCUT2D eigenvalue weighted by atomic mass is 10.0. The van der Waals surface area contributed by atoms with Gasteiger partial charge in [0.15, 0.2) is 9.63 Å². The van der Waals surface area contributed by atoms with Crippen molar-refractivity contribution >= 4 is 45.4 Å². The highest BCUT2D eigenvalue weighted by atomic mass is 35.5. The van der Waals surface area contributed by atoms with Crippen LogP contribution < -0.4 is 0 Å². The van der Waals surface area contributed by atoms with Gasteiger partial charge in [0.05, 0.1) is 12.3 Å². The highest BCUT2D eigenvalue weighted by Gasteiger charge is 2.35. The first-order valence-corrected chi connectivity index (χ1v) is 9.42. The molecule has 1 unspecified atom stereocenters. The average molecular weight is 378 g/mol. The minimum absolute atomic E-state index is 0.0462. The van der Waals surface area contributed by atoms with Crippen molar-refractivity contribution in [2.24, 2.45) is 4.99 Å². The number of aliphatic hydroxyl groups is 1. The van der Waals surface area contributed by atoms with Gasteiger partial charge < -0.3 is 10.0 Å². The number of thiazole rings is 1. The summed E-state index contributed by atoms with van der Waals surface area (Å²) >= 11 is 9.11. The van der Waals surface area contributed by atoms with Crippen LogP contribution in [0.4, 0.5) is 0 Å². The Balaban J connectivity index is 1.98. The van der Waals surface area contributed by atoms with Crippen LogP contribution in [0, 0.1) is 0 Å². The van der Waals surface area contributed by atoms with Crippen molar-refractivity contribution in [1.29, 1.82) is 0 Å². The summed E-state index contributed by atoms with van der Waals surface area (Å²) in [6, 6.07) is 9.73. The number of thioether (sulfide) groups is 1. The van der Waals surface area contributed by atoms with Gasteiger partial charge in [-0.1, -0.05) is 60.3 Å². The maximum Gasteiger partial charge on any atom is 0.183 e. The molecule has 1 N–H and O–H groups in total. The quantitative estimate of drug-likeness (QED) is 0.602. The van der Waals surface area contributed by atoms with Crippen LogP contribution >= 0.6 is 34.7 Å². The van der Waals surface area contributed by atoms with Gasteiger partial charge in [-0.2, -0.15) is 0 Å². The molecule has 2 aromatic rings. The van der Waals surface area contributed by atoms with E-state index in [2.05, 4.69) is 16.6 Å². The number of benzene rings is 1. The third-order valence-electron chi connectivity index (χ3n) is 3.72. The van der Waals surface area contributed by atoms with E-state index < -0.39 is 0 Å². The van der Waals surface area contributed by atoms with Crippen LogP contribution in [0.3, 0.4) is 0 Å². The molecule has 2 heterocycles. The number of halogens is 1. The Kier molecular flexibility index (Phi) is 5.28. The van der Waals surface area contributed by atoms with E-state index in [1.807, 2.05) is 35.2 Å². The molecule has 4 nitrogen and oxygen atoms in total. The normalized spacial score (nSPS) is 19.9. The monoisotopic (exact) mass is 377 g/mol. The first kappa shape index (κ1) is 17.1. The summed E-state index contributed by atoms with van der Waals surface area (Å²) in [6.07, 6.45) is 2.90. The fraction of sp³-hybridized carbons (Fsp3) is 0.176. The summed E-state index contributed by atoms with van der Waals surface area (Å²) in [7, 11) is 1.76. The van der Waals surface area contributed by atoms with E-state index in [1.165, 1.54) is 11.3 Å². The highest BCUT2D eigenvalue weighted by molar-refractivity contribution is 8.14. The highest BCUT2D eigenvalue weighted by Crippen LogP contribution is 2.43. The van der Waals surface area contributed by atoms with Crippen molar-refractivity contribution < 1.29 is 5.11 Å². The van der Waals surface area contributed by atoms with E-state index in [0.29, 0.717) is 15.7 Å². The van der Waals surface area contributed by atoms with Gasteiger partial charge in [-0.25, -0.2) is 4.98 Å². The maximum atomic E-state index is 9.80. The van der Waals surface area contributed by atoms with Gasteiger partial charge in [-0.15, -0.1) is 11.3 Å². The van der Waals surface area contributed by atoms with E-state index in [4.69, 9.17) is 11.6 Å². The second-order valence-corrected chi connectivity index (χ2v) is 7.71. The lowest BCUT2D eigenvalue weighted by Gasteiger charge is -2.28. The van der Waals surface area contributed by atoms with Crippen LogP contribution in [0.2, 0.25) is 4.47 Å². The summed E-state index contributed by atoms with van der Waals surface area (Å²) in [5, 5.41) is 10.7. The van der Waals surface area contributed by atoms with Gasteiger partial charge in [0.1, 0.15) is 0 Å². The number of hydrogen-bond acceptors (Lipinski definition) is 5. The molecule has 24 heavy (non-hydrogen) atoms. The lowest BCUT2D eigenvalue weighted by molar-refractivity contribution is 0.447. The summed E-state index contributed by atoms with van der Waals surface area (Å²) in [5.74, 6) is 0.831. The fourth-order valence-corrected chi connectivity index (χ4v) is 4.89. The van der Waals surface area contributed by atoms with Gasteiger partial charge in [0, 0.05) is 35.1 Å². The van der Waals surface area contributed by atoms with E-state index >= 15 is 0 Å². The number of aliphatic hydroxyl groups excluding tert-OH is 1. The molecule has 1 atom stereocenters. The molecule has 1 saturated heterocycles. The smallest absolute Gasteiger partial charge is 0.183 e. The molecule has 0 spiro atoms. The fourth-order valence-electron chi connectivity index (χ4n) is 2.60. The van der Waals surface area contributed by atoms with Crippen LogP contribution in [0.1, 0.15) is 16.5 Å². The van der Waals surface area contributed by atoms with E-state index in [1.54, 1.807) is 25.0 Å². The maximum absolute atomic E-state index is 9.80. The van der Waals surface area contributed by atoms with Crippen LogP contribution in [-0.2, 0) is 0 Å². The standard InChI is InChI=1S/C17H16ClN3OS2/c1-11(13(9-22)12-6-4-3-5-7-12)21-14(10-23-17(21)19-2)15-8-20-16(18)24-15/h3-9,14,22H,1,10H2,2H3/b13-9-,19-17-. The number of hydrogen-bond donors (Lipinski definition) is 1. The van der Waals surface area contributed by atoms with Crippen molar-refractivity contribution in [3.8, 4) is 0 Å². The van der Waals surface area contributed by atoms with Crippen molar-refractivity contribution in [1.82, 2.24) is 9.88 Å². The molecule has 0 saturated carbocycles. The SMILES string of the molecule is C=C(/C(=C/O)c1ccccc1)N1/C(=N/C)SCC1c1cnc(Cl)s1. The molecule has 1 fully saturated rings. The largest absolute Gasteiger partial charge is 0.515 e. The van der Waals surface area contributed by atoms with Gasteiger partial charge in [0.25, 0.3) is 0 Å². The number of nitrogens with zero attached hydrogens (tertiary/aromatic N) is 3. The van der Waals surface area contributed by atoms with E-state index in [0.717, 1.165) is 27.6 Å². The van der Waals surface area contributed by atoms with Gasteiger partial charge >= 0.3 is 0 Å². The number of amidine groups is 1. The van der Waals surface area contributed by atoms with Gasteiger partial charge in [-0.3, -0.25) is 4.99 Å². The first-order chi connectivity index (χ1) is 11.7. The summed E-state index contributed by atoms with van der Waals surface area (Å²) in [5.41, 5.74) is 2.27. The van der Waals surface area contributed by atoms with Crippen LogP contribution in [-0.4, -0.2) is 33.0 Å². The minimum Gasteiger partial charge on any atom is -0.515 e. The molecule has 7 heteroatoms. The lowest BCUT2D eigenvalue weighted by Crippen LogP contribution is -2.27. The molecule has 0 bridgehead atoms. The third-order valence-corrected chi connectivity index (χ3v) is 6.05. The van der Waals surface area contributed by atoms with Crippen LogP contribution in [0.25, 0.3) is 5.57 Å². The zero-order valence-corrected chi connectivity index (χ0v) is 15.4. The summed E-state index contributed by atoms with van der Waals surface area (Å²) in [4.78, 5) is 11.6. The molecule has 3 rings (SSSR count). The number of allylic oxidation sites excluding steroid dienone is 1. The minimum atomic E-state index is 0.0462. The van der Waals surface area contributed by atoms with Crippen molar-refractivity contribution in [3.63, 3.8) is 0 Å². The summed E-state index contributed by atoms with van der Waals surface area (Å²) in [6.45, 7) is 4.22. The molecule has 1 aromatic heterocycles. The molecule has 1 aliphatic rings. The molecular weight excluding hydrogens is 362 g/mol. The molecule has 0 aliphatic carbocycles.